The molecule has 0 saturated heterocycles. The molecule has 1 heterocycles. The van der Waals surface area contributed by atoms with E-state index in [4.69, 9.17) is 0 Å². The summed E-state index contributed by atoms with van der Waals surface area (Å²) in [5.41, 5.74) is 10.7. The second kappa shape index (κ2) is 7.10. The van der Waals surface area contributed by atoms with Crippen molar-refractivity contribution in [1.82, 2.24) is 4.98 Å². The van der Waals surface area contributed by atoms with Gasteiger partial charge in [0, 0.05) is 23.9 Å². The molecular weight excluding hydrogens is 375 g/mol. The Kier molecular flexibility index (Phi) is 4.48. The van der Waals surface area contributed by atoms with Crippen molar-refractivity contribution in [2.75, 3.05) is 0 Å². The Morgan fingerprint density at radius 1 is 1.00 bits per heavy atom. The van der Waals surface area contributed by atoms with Gasteiger partial charge in [0.05, 0.1) is 6.07 Å². The largest absolute Gasteiger partial charge is 0.264 e. The lowest BCUT2D eigenvalue weighted by molar-refractivity contribution is 0.388. The summed E-state index contributed by atoms with van der Waals surface area (Å²) in [5, 5.41) is 9.80. The second-order valence-corrected chi connectivity index (χ2v) is 9.48. The molecule has 0 N–H and O–H groups in total. The number of hydrogen-bond acceptors (Lipinski definition) is 2. The molecule has 0 saturated carbocycles. The van der Waals surface area contributed by atoms with Crippen molar-refractivity contribution < 1.29 is 0 Å². The van der Waals surface area contributed by atoms with Crippen LogP contribution in [0.4, 0.5) is 0 Å². The van der Waals surface area contributed by atoms with Crippen molar-refractivity contribution >= 4 is 13.3 Å². The zero-order valence-corrected chi connectivity index (χ0v) is 18.5. The fourth-order valence-corrected chi connectivity index (χ4v) is 5.44. The molecule has 2 unspecified atom stereocenters. The quantitative estimate of drug-likeness (QED) is 0.563. The molecule has 0 aliphatic heterocycles. The van der Waals surface area contributed by atoms with E-state index < -0.39 is 0 Å². The maximum atomic E-state index is 9.80. The van der Waals surface area contributed by atoms with E-state index in [-0.39, 0.29) is 11.3 Å². The van der Waals surface area contributed by atoms with Crippen LogP contribution in [0.5, 0.6) is 0 Å². The molecule has 2 aromatic carbocycles. The fraction of sp³-hybridized carbons (Fsp3) is 0.214. The Morgan fingerprint density at radius 3 is 2.48 bits per heavy atom. The van der Waals surface area contributed by atoms with Crippen LogP contribution in [0.2, 0.25) is 0 Å². The molecule has 1 aromatic heterocycles. The predicted molar refractivity (Wildman–Crippen MR) is 130 cm³/mol. The van der Waals surface area contributed by atoms with Crippen molar-refractivity contribution in [2.45, 2.75) is 32.1 Å². The number of rotatable bonds is 2. The molecule has 31 heavy (non-hydrogen) atoms. The van der Waals surface area contributed by atoms with Gasteiger partial charge in [-0.05, 0) is 69.8 Å². The van der Waals surface area contributed by atoms with E-state index >= 15 is 0 Å². The zero-order chi connectivity index (χ0) is 21.8. The van der Waals surface area contributed by atoms with Crippen molar-refractivity contribution in [2.24, 2.45) is 5.92 Å². The van der Waals surface area contributed by atoms with Crippen LogP contribution >= 0.6 is 0 Å². The van der Waals surface area contributed by atoms with Crippen LogP contribution in [-0.2, 0) is 5.41 Å². The van der Waals surface area contributed by atoms with E-state index in [9.17, 15) is 5.26 Å². The number of fused-ring (bicyclic) bond motifs is 3. The van der Waals surface area contributed by atoms with Gasteiger partial charge in [-0.25, -0.2) is 0 Å². The van der Waals surface area contributed by atoms with Crippen molar-refractivity contribution in [3.63, 3.8) is 0 Å². The van der Waals surface area contributed by atoms with Crippen LogP contribution in [0.3, 0.4) is 0 Å². The highest BCUT2D eigenvalue weighted by Gasteiger charge is 2.47. The minimum atomic E-state index is -0.0242. The smallest absolute Gasteiger partial charge is 0.139 e. The third-order valence-corrected chi connectivity index (χ3v) is 6.97. The Hall–Kier alpha value is -3.38. The predicted octanol–water partition coefficient (Wildman–Crippen LogP) is 5.07. The summed E-state index contributed by atoms with van der Waals surface area (Å²) >= 11 is 0. The maximum absolute atomic E-state index is 9.80. The number of hydrogen-bond donors (Lipinski definition) is 0. The van der Waals surface area contributed by atoms with Gasteiger partial charge in [0.15, 0.2) is 0 Å². The first-order valence-electron chi connectivity index (χ1n) is 10.9. The lowest BCUT2D eigenvalue weighted by atomic mass is 9.71. The monoisotopic (exact) mass is 400 g/mol. The molecule has 3 heteroatoms. The van der Waals surface area contributed by atoms with Crippen LogP contribution < -0.4 is 5.46 Å². The van der Waals surface area contributed by atoms with Crippen LogP contribution in [-0.4, -0.2) is 12.8 Å². The molecule has 5 rings (SSSR count). The normalized spacial score (nSPS) is 20.8. The van der Waals surface area contributed by atoms with Gasteiger partial charge in [-0.3, -0.25) is 4.98 Å². The van der Waals surface area contributed by atoms with E-state index in [1.807, 2.05) is 18.5 Å². The van der Waals surface area contributed by atoms with Gasteiger partial charge in [-0.1, -0.05) is 67.4 Å². The Morgan fingerprint density at radius 2 is 1.77 bits per heavy atom. The number of benzene rings is 2. The van der Waals surface area contributed by atoms with Gasteiger partial charge >= 0.3 is 0 Å². The Balaban J connectivity index is 1.64. The molecular formula is C28H25BN2. The van der Waals surface area contributed by atoms with E-state index in [2.05, 4.69) is 94.3 Å². The number of pyridine rings is 1. The van der Waals surface area contributed by atoms with Gasteiger partial charge in [0.1, 0.15) is 7.85 Å². The van der Waals surface area contributed by atoms with Gasteiger partial charge in [0.25, 0.3) is 0 Å². The summed E-state index contributed by atoms with van der Waals surface area (Å²) < 4.78 is 0. The molecule has 3 aromatic rings. The number of nitriles is 1. The molecule has 0 radical (unpaired) electrons. The lowest BCUT2D eigenvalue weighted by Crippen LogP contribution is -2.26. The van der Waals surface area contributed by atoms with E-state index in [0.717, 1.165) is 11.1 Å². The first kappa shape index (κ1) is 19.6. The SMILES string of the molecule is Bc1cc(-c2cccnc2)cc(-c2ccc3c(c2)C(C)(C)C2C=C(C)C=C(C#N)C32)c1. The van der Waals surface area contributed by atoms with Crippen LogP contribution in [0.15, 0.2) is 84.2 Å². The van der Waals surface area contributed by atoms with E-state index in [1.165, 1.54) is 38.9 Å². The summed E-state index contributed by atoms with van der Waals surface area (Å²) in [6.45, 7) is 6.74. The summed E-state index contributed by atoms with van der Waals surface area (Å²) in [4.78, 5) is 4.28. The molecule has 0 amide bonds. The lowest BCUT2D eigenvalue weighted by Gasteiger charge is -2.31. The van der Waals surface area contributed by atoms with Gasteiger partial charge < -0.3 is 0 Å². The Labute approximate surface area is 185 Å². The first-order chi connectivity index (χ1) is 14.9. The molecule has 0 bridgehead atoms. The maximum Gasteiger partial charge on any atom is 0.139 e. The summed E-state index contributed by atoms with van der Waals surface area (Å²) in [5.74, 6) is 0.483. The first-order valence-corrected chi connectivity index (χ1v) is 10.9. The topological polar surface area (TPSA) is 36.7 Å². The molecule has 2 aliphatic rings. The van der Waals surface area contributed by atoms with Crippen molar-refractivity contribution in [1.29, 1.82) is 5.26 Å². The van der Waals surface area contributed by atoms with Gasteiger partial charge in [0.2, 0.25) is 0 Å². The highest BCUT2D eigenvalue weighted by Crippen LogP contribution is 2.56. The number of allylic oxidation sites excluding steroid dienone is 4. The van der Waals surface area contributed by atoms with Gasteiger partial charge in [-0.2, -0.15) is 5.26 Å². The van der Waals surface area contributed by atoms with Crippen LogP contribution in [0.1, 0.15) is 37.8 Å². The third-order valence-electron chi connectivity index (χ3n) is 6.97. The van der Waals surface area contributed by atoms with Gasteiger partial charge in [-0.15, -0.1) is 0 Å². The number of nitrogens with zero attached hydrogens (tertiary/aromatic N) is 2. The second-order valence-electron chi connectivity index (χ2n) is 9.48. The molecule has 2 aliphatic carbocycles. The zero-order valence-electron chi connectivity index (χ0n) is 18.5. The standard InChI is InChI=1S/C28H25BN2/c1-17-9-22(15-30)27-24-7-6-18(14-25(24)28(2,3)26(27)10-17)20-11-21(13-23(29)12-20)19-5-4-8-31-16-19/h4-14,16,26-27H,29H2,1-3H3. The number of aromatic nitrogens is 1. The fourth-order valence-electron chi connectivity index (χ4n) is 5.44. The molecule has 0 fully saturated rings. The molecule has 2 nitrogen and oxygen atoms in total. The highest BCUT2D eigenvalue weighted by molar-refractivity contribution is 6.33. The molecule has 0 spiro atoms. The average Bonchev–Trinajstić information content (AvgIpc) is 3.00. The summed E-state index contributed by atoms with van der Waals surface area (Å²) in [7, 11) is 2.15. The van der Waals surface area contributed by atoms with Crippen molar-refractivity contribution in [3.05, 3.63) is 95.3 Å². The van der Waals surface area contributed by atoms with Crippen LogP contribution in [0, 0.1) is 17.2 Å². The average molecular weight is 400 g/mol. The molecule has 150 valence electrons. The minimum Gasteiger partial charge on any atom is -0.264 e. The highest BCUT2D eigenvalue weighted by atomic mass is 14.6. The van der Waals surface area contributed by atoms with Crippen LogP contribution in [0.25, 0.3) is 22.3 Å². The molecule has 2 atom stereocenters. The van der Waals surface area contributed by atoms with Crippen molar-refractivity contribution in [3.8, 4) is 28.3 Å². The van der Waals surface area contributed by atoms with E-state index in [0.29, 0.717) is 5.92 Å². The third kappa shape index (κ3) is 3.15. The minimum absolute atomic E-state index is 0.0242. The Bertz CT molecular complexity index is 1290. The summed E-state index contributed by atoms with van der Waals surface area (Å²) in [6.07, 6.45) is 8.14. The summed E-state index contributed by atoms with van der Waals surface area (Å²) in [6, 6.07) is 20.1. The van der Waals surface area contributed by atoms with E-state index in [1.54, 1.807) is 0 Å².